The lowest BCUT2D eigenvalue weighted by molar-refractivity contribution is -0.112. The smallest absolute Gasteiger partial charge is 0.268 e. The largest absolute Gasteiger partial charge is 0.494 e. The number of unbranched alkanes of at least 4 members (excludes halogenated alkanes) is 4. The van der Waals surface area contributed by atoms with E-state index in [2.05, 4.69) is 17.2 Å². The minimum Gasteiger partial charge on any atom is -0.494 e. The van der Waals surface area contributed by atoms with Crippen molar-refractivity contribution in [3.63, 3.8) is 0 Å². The van der Waals surface area contributed by atoms with Crippen LogP contribution in [0.2, 0.25) is 10.0 Å². The molecule has 3 rings (SSSR count). The highest BCUT2D eigenvalue weighted by atomic mass is 35.5. The molecule has 1 heterocycles. The zero-order chi connectivity index (χ0) is 25.0. The lowest BCUT2D eigenvalue weighted by atomic mass is 10.1. The Balaban J connectivity index is 1.55. The number of rotatable bonds is 12. The van der Waals surface area contributed by atoms with Gasteiger partial charge in [0.05, 0.1) is 16.7 Å². The fourth-order valence-corrected chi connectivity index (χ4v) is 4.57. The van der Waals surface area contributed by atoms with Gasteiger partial charge in [0.1, 0.15) is 17.4 Å². The first-order valence-electron chi connectivity index (χ1n) is 11.5. The van der Waals surface area contributed by atoms with Crippen LogP contribution in [0.1, 0.15) is 55.0 Å². The van der Waals surface area contributed by atoms with Crippen molar-refractivity contribution in [3.8, 4) is 11.8 Å². The highest BCUT2D eigenvalue weighted by molar-refractivity contribution is 7.15. The van der Waals surface area contributed by atoms with E-state index in [0.29, 0.717) is 28.2 Å². The van der Waals surface area contributed by atoms with Crippen LogP contribution >= 0.6 is 34.5 Å². The van der Waals surface area contributed by atoms with Crippen molar-refractivity contribution >= 4 is 51.7 Å². The number of aromatic nitrogens is 1. The van der Waals surface area contributed by atoms with Gasteiger partial charge < -0.3 is 4.74 Å². The van der Waals surface area contributed by atoms with E-state index in [1.165, 1.54) is 37.0 Å². The molecule has 0 unspecified atom stereocenters. The van der Waals surface area contributed by atoms with E-state index in [1.54, 1.807) is 18.3 Å². The van der Waals surface area contributed by atoms with Gasteiger partial charge in [-0.1, -0.05) is 80.1 Å². The Morgan fingerprint density at radius 1 is 1.14 bits per heavy atom. The second kappa shape index (κ2) is 13.9. The molecule has 0 atom stereocenters. The molecule has 182 valence electrons. The average molecular weight is 529 g/mol. The monoisotopic (exact) mass is 527 g/mol. The van der Waals surface area contributed by atoms with Crippen LogP contribution in [0.15, 0.2) is 54.2 Å². The number of carbonyl (C=O) groups excluding carboxylic acids is 1. The Labute approximate surface area is 220 Å². The molecule has 0 aliphatic carbocycles. The van der Waals surface area contributed by atoms with Crippen molar-refractivity contribution in [1.29, 1.82) is 5.26 Å². The Morgan fingerprint density at radius 3 is 2.66 bits per heavy atom. The van der Waals surface area contributed by atoms with Crippen LogP contribution in [0, 0.1) is 11.3 Å². The van der Waals surface area contributed by atoms with Gasteiger partial charge in [-0.3, -0.25) is 10.1 Å². The number of anilines is 1. The van der Waals surface area contributed by atoms with Crippen molar-refractivity contribution in [2.45, 2.75) is 45.4 Å². The Hall–Kier alpha value is -2.85. The fraction of sp³-hybridized carbons (Fsp3) is 0.296. The molecule has 1 aromatic heterocycles. The first kappa shape index (κ1) is 26.7. The number of benzene rings is 2. The maximum Gasteiger partial charge on any atom is 0.268 e. The minimum atomic E-state index is -0.512. The first-order chi connectivity index (χ1) is 17.0. The molecule has 1 amide bonds. The SMILES string of the molecule is CCCCCCCOc1ccc(C=C(C#N)C(=O)Nc2ncc(Cc3cccc(Cl)c3Cl)s2)cc1. The predicted octanol–water partition coefficient (Wildman–Crippen LogP) is 7.94. The number of nitriles is 1. The zero-order valence-corrected chi connectivity index (χ0v) is 21.8. The Bertz CT molecular complexity index is 1200. The van der Waals surface area contributed by atoms with Crippen LogP contribution in [-0.2, 0) is 11.2 Å². The Kier molecular flexibility index (Phi) is 10.6. The van der Waals surface area contributed by atoms with Crippen LogP contribution < -0.4 is 10.1 Å². The maximum absolute atomic E-state index is 12.6. The summed E-state index contributed by atoms with van der Waals surface area (Å²) in [6.45, 7) is 2.88. The minimum absolute atomic E-state index is 0.00997. The number of hydrogen-bond donors (Lipinski definition) is 1. The molecule has 5 nitrogen and oxygen atoms in total. The molecule has 0 aliphatic heterocycles. The number of hydrogen-bond acceptors (Lipinski definition) is 5. The van der Waals surface area contributed by atoms with Gasteiger partial charge in [-0.2, -0.15) is 5.26 Å². The van der Waals surface area contributed by atoms with E-state index in [0.717, 1.165) is 28.2 Å². The van der Waals surface area contributed by atoms with Crippen molar-refractivity contribution in [2.24, 2.45) is 0 Å². The van der Waals surface area contributed by atoms with E-state index in [1.807, 2.05) is 42.5 Å². The number of carbonyl (C=O) groups is 1. The highest BCUT2D eigenvalue weighted by Crippen LogP contribution is 2.29. The predicted molar refractivity (Wildman–Crippen MR) is 144 cm³/mol. The van der Waals surface area contributed by atoms with E-state index >= 15 is 0 Å². The summed E-state index contributed by atoms with van der Waals surface area (Å²) in [7, 11) is 0. The summed E-state index contributed by atoms with van der Waals surface area (Å²) in [5.74, 6) is 0.261. The van der Waals surface area contributed by atoms with Gasteiger partial charge in [0.15, 0.2) is 5.13 Å². The van der Waals surface area contributed by atoms with Crippen LogP contribution in [0.25, 0.3) is 6.08 Å². The van der Waals surface area contributed by atoms with Crippen molar-refractivity contribution in [3.05, 3.63) is 80.3 Å². The summed E-state index contributed by atoms with van der Waals surface area (Å²) in [5.41, 5.74) is 1.61. The fourth-order valence-electron chi connectivity index (χ4n) is 3.36. The summed E-state index contributed by atoms with van der Waals surface area (Å²) in [6, 6.07) is 14.8. The van der Waals surface area contributed by atoms with Crippen molar-refractivity contribution < 1.29 is 9.53 Å². The molecule has 2 aromatic carbocycles. The molecule has 0 aliphatic rings. The van der Waals surface area contributed by atoms with Gasteiger partial charge in [-0.15, -0.1) is 11.3 Å². The Morgan fingerprint density at radius 2 is 1.91 bits per heavy atom. The molecule has 35 heavy (non-hydrogen) atoms. The molecule has 0 saturated heterocycles. The molecule has 3 aromatic rings. The third kappa shape index (κ3) is 8.40. The molecule has 0 saturated carbocycles. The van der Waals surface area contributed by atoms with Gasteiger partial charge in [0.25, 0.3) is 5.91 Å². The first-order valence-corrected chi connectivity index (χ1v) is 13.1. The van der Waals surface area contributed by atoms with E-state index in [9.17, 15) is 10.1 Å². The van der Waals surface area contributed by atoms with E-state index in [4.69, 9.17) is 27.9 Å². The second-order valence-electron chi connectivity index (χ2n) is 7.98. The summed E-state index contributed by atoms with van der Waals surface area (Å²) in [5, 5.41) is 13.6. The molecular formula is C27H27Cl2N3O2S. The second-order valence-corrected chi connectivity index (χ2v) is 9.88. The molecule has 0 bridgehead atoms. The number of thiazole rings is 1. The standard InChI is InChI=1S/C27H27Cl2N3O2S/c1-2-3-4-5-6-14-34-22-12-10-19(11-13-22)15-21(17-30)26(33)32-27-31-18-23(35-27)16-20-8-7-9-24(28)25(20)29/h7-13,15,18H,2-6,14,16H2,1H3,(H,31,32,33). The van der Waals surface area contributed by atoms with Crippen LogP contribution in [-0.4, -0.2) is 17.5 Å². The molecule has 0 spiro atoms. The number of nitrogens with one attached hydrogen (secondary N) is 1. The average Bonchev–Trinajstić information content (AvgIpc) is 3.30. The lowest BCUT2D eigenvalue weighted by Crippen LogP contribution is -2.13. The third-order valence-electron chi connectivity index (χ3n) is 5.24. The number of ether oxygens (including phenoxy) is 1. The number of nitrogens with zero attached hydrogens (tertiary/aromatic N) is 2. The van der Waals surface area contributed by atoms with Crippen molar-refractivity contribution in [1.82, 2.24) is 4.98 Å². The van der Waals surface area contributed by atoms with Crippen LogP contribution in [0.5, 0.6) is 5.75 Å². The molecule has 8 heteroatoms. The third-order valence-corrected chi connectivity index (χ3v) is 7.01. The van der Waals surface area contributed by atoms with Crippen LogP contribution in [0.4, 0.5) is 5.13 Å². The molecule has 1 N–H and O–H groups in total. The molecule has 0 fully saturated rings. The summed E-state index contributed by atoms with van der Waals surface area (Å²) < 4.78 is 5.77. The van der Waals surface area contributed by atoms with Gasteiger partial charge in [-0.05, 0) is 41.8 Å². The lowest BCUT2D eigenvalue weighted by Gasteiger charge is -2.06. The van der Waals surface area contributed by atoms with Crippen LogP contribution in [0.3, 0.4) is 0 Å². The normalized spacial score (nSPS) is 11.2. The quantitative estimate of drug-likeness (QED) is 0.147. The highest BCUT2D eigenvalue weighted by Gasteiger charge is 2.13. The molecule has 0 radical (unpaired) electrons. The number of amides is 1. The summed E-state index contributed by atoms with van der Waals surface area (Å²) in [6.07, 6.45) is 9.69. The van der Waals surface area contributed by atoms with Gasteiger partial charge >= 0.3 is 0 Å². The van der Waals surface area contributed by atoms with E-state index in [-0.39, 0.29) is 5.57 Å². The molecular weight excluding hydrogens is 501 g/mol. The summed E-state index contributed by atoms with van der Waals surface area (Å²) >= 11 is 13.7. The number of halogens is 2. The topological polar surface area (TPSA) is 75.0 Å². The summed E-state index contributed by atoms with van der Waals surface area (Å²) in [4.78, 5) is 17.8. The van der Waals surface area contributed by atoms with Gasteiger partial charge in [-0.25, -0.2) is 4.98 Å². The van der Waals surface area contributed by atoms with E-state index < -0.39 is 5.91 Å². The van der Waals surface area contributed by atoms with Crippen molar-refractivity contribution in [2.75, 3.05) is 11.9 Å². The zero-order valence-electron chi connectivity index (χ0n) is 19.5. The van der Waals surface area contributed by atoms with Gasteiger partial charge in [0, 0.05) is 17.5 Å². The maximum atomic E-state index is 12.6. The van der Waals surface area contributed by atoms with Gasteiger partial charge in [0.2, 0.25) is 0 Å².